The van der Waals surface area contributed by atoms with Crippen molar-refractivity contribution in [1.29, 1.82) is 0 Å². The first-order chi connectivity index (χ1) is 7.72. The van der Waals surface area contributed by atoms with Gasteiger partial charge in [0.15, 0.2) is 0 Å². The molecule has 2 unspecified atom stereocenters. The molecule has 1 aliphatic rings. The minimum absolute atomic E-state index is 0.545. The fraction of sp³-hybridized carbons (Fsp3) is 0.769. The lowest BCUT2D eigenvalue weighted by molar-refractivity contribution is 0.360. The van der Waals surface area contributed by atoms with Gasteiger partial charge in [-0.3, -0.25) is 0 Å². The van der Waals surface area contributed by atoms with E-state index in [0.717, 1.165) is 12.6 Å². The highest BCUT2D eigenvalue weighted by Gasteiger charge is 2.21. The maximum atomic E-state index is 4.28. The number of nitrogens with zero attached hydrogens (tertiary/aromatic N) is 2. The summed E-state index contributed by atoms with van der Waals surface area (Å²) in [4.78, 5) is 4.28. The Balaban J connectivity index is 1.98. The van der Waals surface area contributed by atoms with Crippen LogP contribution in [0, 0.1) is 5.92 Å². The van der Waals surface area contributed by atoms with Crippen LogP contribution in [0.4, 0.5) is 0 Å². The third kappa shape index (κ3) is 2.64. The molecular weight excluding hydrogens is 198 g/mol. The second-order valence-electron chi connectivity index (χ2n) is 5.07. The third-order valence-electron chi connectivity index (χ3n) is 3.80. The third-order valence-corrected chi connectivity index (χ3v) is 3.80. The van der Waals surface area contributed by atoms with Crippen molar-refractivity contribution in [1.82, 2.24) is 14.9 Å². The quantitative estimate of drug-likeness (QED) is 0.800. The van der Waals surface area contributed by atoms with Gasteiger partial charge in [-0.2, -0.15) is 0 Å². The van der Waals surface area contributed by atoms with Gasteiger partial charge in [0.05, 0.1) is 12.0 Å². The molecule has 1 N–H and O–H groups in total. The van der Waals surface area contributed by atoms with E-state index in [1.807, 2.05) is 12.5 Å². The van der Waals surface area contributed by atoms with Crippen LogP contribution in [-0.4, -0.2) is 15.6 Å². The Kier molecular flexibility index (Phi) is 3.64. The summed E-state index contributed by atoms with van der Waals surface area (Å²) in [6, 6.07) is 1.31. The van der Waals surface area contributed by atoms with Crippen LogP contribution >= 0.6 is 0 Å². The van der Waals surface area contributed by atoms with E-state index >= 15 is 0 Å². The second kappa shape index (κ2) is 5.00. The number of hydrogen-bond acceptors (Lipinski definition) is 2. The molecule has 0 aliphatic heterocycles. The molecule has 1 heterocycles. The first-order valence-electron chi connectivity index (χ1n) is 6.46. The van der Waals surface area contributed by atoms with E-state index in [1.165, 1.54) is 25.0 Å². The summed E-state index contributed by atoms with van der Waals surface area (Å²) in [6.45, 7) is 7.81. The highest BCUT2D eigenvalue weighted by atomic mass is 15.1. The van der Waals surface area contributed by atoms with Crippen molar-refractivity contribution < 1.29 is 0 Å². The Bertz CT molecular complexity index is 328. The Morgan fingerprint density at radius 2 is 2.25 bits per heavy atom. The van der Waals surface area contributed by atoms with Crippen LogP contribution in [0.25, 0.3) is 0 Å². The Morgan fingerprint density at radius 3 is 2.88 bits per heavy atom. The first kappa shape index (κ1) is 11.6. The minimum atomic E-state index is 0.545. The van der Waals surface area contributed by atoms with Crippen molar-refractivity contribution in [3.8, 4) is 0 Å². The molecule has 1 saturated carbocycles. The molecule has 0 amide bonds. The minimum Gasteiger partial charge on any atom is -0.330 e. The average molecular weight is 221 g/mol. The zero-order chi connectivity index (χ0) is 11.5. The van der Waals surface area contributed by atoms with Gasteiger partial charge in [0.1, 0.15) is 0 Å². The molecule has 0 radical (unpaired) electrons. The Morgan fingerprint density at radius 1 is 1.50 bits per heavy atom. The predicted octanol–water partition coefficient (Wildman–Crippen LogP) is 2.74. The maximum Gasteiger partial charge on any atom is 0.0951 e. The van der Waals surface area contributed by atoms with Gasteiger partial charge < -0.3 is 9.88 Å². The molecule has 2 atom stereocenters. The molecule has 1 fully saturated rings. The van der Waals surface area contributed by atoms with Gasteiger partial charge in [0.25, 0.3) is 0 Å². The molecule has 16 heavy (non-hydrogen) atoms. The highest BCUT2D eigenvalue weighted by molar-refractivity contribution is 5.01. The molecule has 1 aliphatic carbocycles. The largest absolute Gasteiger partial charge is 0.330 e. The van der Waals surface area contributed by atoms with Crippen molar-refractivity contribution in [3.05, 3.63) is 18.2 Å². The Hall–Kier alpha value is -0.830. The monoisotopic (exact) mass is 221 g/mol. The summed E-state index contributed by atoms with van der Waals surface area (Å²) in [5, 5.41) is 3.55. The number of imidazole rings is 1. The molecule has 0 spiro atoms. The van der Waals surface area contributed by atoms with E-state index in [4.69, 9.17) is 0 Å². The lowest BCUT2D eigenvalue weighted by Gasteiger charge is -2.22. The van der Waals surface area contributed by atoms with E-state index < -0.39 is 0 Å². The van der Waals surface area contributed by atoms with Crippen LogP contribution in [0.15, 0.2) is 12.5 Å². The first-order valence-corrected chi connectivity index (χ1v) is 6.46. The van der Waals surface area contributed by atoms with Gasteiger partial charge in [0.2, 0.25) is 0 Å². The SMILES string of the molecule is CCC(C)C(C)n1cncc1CNC1CC1. The lowest BCUT2D eigenvalue weighted by Crippen LogP contribution is -2.21. The molecular formula is C13H23N3. The number of hydrogen-bond donors (Lipinski definition) is 1. The zero-order valence-corrected chi connectivity index (χ0v) is 10.6. The fourth-order valence-electron chi connectivity index (χ4n) is 1.99. The second-order valence-corrected chi connectivity index (χ2v) is 5.07. The summed E-state index contributed by atoms with van der Waals surface area (Å²) < 4.78 is 2.32. The van der Waals surface area contributed by atoms with Gasteiger partial charge in [-0.25, -0.2) is 4.98 Å². The normalized spacial score (nSPS) is 19.7. The lowest BCUT2D eigenvalue weighted by atomic mass is 10.0. The van der Waals surface area contributed by atoms with Crippen LogP contribution in [-0.2, 0) is 6.54 Å². The zero-order valence-electron chi connectivity index (χ0n) is 10.6. The van der Waals surface area contributed by atoms with Crippen molar-refractivity contribution in [3.63, 3.8) is 0 Å². The van der Waals surface area contributed by atoms with Crippen molar-refractivity contribution in [2.24, 2.45) is 5.92 Å². The van der Waals surface area contributed by atoms with Gasteiger partial charge in [-0.05, 0) is 25.7 Å². The van der Waals surface area contributed by atoms with Crippen molar-refractivity contribution >= 4 is 0 Å². The summed E-state index contributed by atoms with van der Waals surface area (Å²) in [5.74, 6) is 0.703. The van der Waals surface area contributed by atoms with E-state index in [9.17, 15) is 0 Å². The fourth-order valence-corrected chi connectivity index (χ4v) is 1.99. The molecule has 0 saturated heterocycles. The molecule has 3 nitrogen and oxygen atoms in total. The maximum absolute atomic E-state index is 4.28. The number of rotatable bonds is 6. The molecule has 1 aromatic heterocycles. The van der Waals surface area contributed by atoms with E-state index in [0.29, 0.717) is 12.0 Å². The Labute approximate surface area is 98.3 Å². The van der Waals surface area contributed by atoms with Gasteiger partial charge in [-0.15, -0.1) is 0 Å². The standard InChI is InChI=1S/C13H23N3/c1-4-10(2)11(3)16-9-14-7-13(16)8-15-12-5-6-12/h7,9-12,15H,4-6,8H2,1-3H3. The molecule has 3 heteroatoms. The van der Waals surface area contributed by atoms with Gasteiger partial charge in [-0.1, -0.05) is 20.3 Å². The predicted molar refractivity (Wildman–Crippen MR) is 66.3 cm³/mol. The molecule has 1 aromatic rings. The van der Waals surface area contributed by atoms with Crippen LogP contribution in [0.1, 0.15) is 51.8 Å². The summed E-state index contributed by atoms with van der Waals surface area (Å²) >= 11 is 0. The van der Waals surface area contributed by atoms with Crippen LogP contribution in [0.5, 0.6) is 0 Å². The van der Waals surface area contributed by atoms with E-state index in [-0.39, 0.29) is 0 Å². The summed E-state index contributed by atoms with van der Waals surface area (Å²) in [5.41, 5.74) is 1.32. The van der Waals surface area contributed by atoms with Crippen molar-refractivity contribution in [2.75, 3.05) is 0 Å². The van der Waals surface area contributed by atoms with Crippen molar-refractivity contribution in [2.45, 2.75) is 58.7 Å². The van der Waals surface area contributed by atoms with E-state index in [1.54, 1.807) is 0 Å². The summed E-state index contributed by atoms with van der Waals surface area (Å²) in [7, 11) is 0. The van der Waals surface area contributed by atoms with Gasteiger partial charge in [0, 0.05) is 24.8 Å². The smallest absolute Gasteiger partial charge is 0.0951 e. The molecule has 0 bridgehead atoms. The summed E-state index contributed by atoms with van der Waals surface area (Å²) in [6.07, 6.45) is 7.87. The highest BCUT2D eigenvalue weighted by Crippen LogP contribution is 2.23. The number of aromatic nitrogens is 2. The molecule has 90 valence electrons. The van der Waals surface area contributed by atoms with Gasteiger partial charge >= 0.3 is 0 Å². The van der Waals surface area contributed by atoms with Crippen LogP contribution in [0.2, 0.25) is 0 Å². The van der Waals surface area contributed by atoms with E-state index in [2.05, 4.69) is 35.6 Å². The molecule has 0 aromatic carbocycles. The molecule has 2 rings (SSSR count). The number of nitrogens with one attached hydrogen (secondary N) is 1. The topological polar surface area (TPSA) is 29.9 Å². The average Bonchev–Trinajstić information content (AvgIpc) is 3.02. The van der Waals surface area contributed by atoms with Crippen LogP contribution < -0.4 is 5.32 Å². The van der Waals surface area contributed by atoms with Crippen LogP contribution in [0.3, 0.4) is 0 Å².